The maximum Gasteiger partial charge on any atom is 0.325 e. The molecule has 0 aliphatic rings. The van der Waals surface area contributed by atoms with Crippen LogP contribution in [-0.4, -0.2) is 46.4 Å². The summed E-state index contributed by atoms with van der Waals surface area (Å²) in [7, 11) is 1.29. The Morgan fingerprint density at radius 2 is 2.00 bits per heavy atom. The SMILES string of the molecule is COC(=O)CN(C(=O)c1cnc(C)cn1)C(C)C. The molecule has 0 saturated carbocycles. The molecule has 6 nitrogen and oxygen atoms in total. The minimum absolute atomic E-state index is 0.0947. The molecular formula is C12H17N3O3. The highest BCUT2D eigenvalue weighted by Crippen LogP contribution is 2.06. The van der Waals surface area contributed by atoms with Gasteiger partial charge in [0.15, 0.2) is 0 Å². The third-order valence-electron chi connectivity index (χ3n) is 2.41. The lowest BCUT2D eigenvalue weighted by molar-refractivity contribution is -0.141. The van der Waals surface area contributed by atoms with Crippen molar-refractivity contribution in [3.05, 3.63) is 23.8 Å². The first-order valence-corrected chi connectivity index (χ1v) is 5.62. The zero-order chi connectivity index (χ0) is 13.7. The summed E-state index contributed by atoms with van der Waals surface area (Å²) < 4.78 is 4.57. The Morgan fingerprint density at radius 3 is 2.44 bits per heavy atom. The van der Waals surface area contributed by atoms with Crippen molar-refractivity contribution < 1.29 is 14.3 Å². The van der Waals surface area contributed by atoms with Crippen molar-refractivity contribution in [3.8, 4) is 0 Å². The maximum absolute atomic E-state index is 12.2. The lowest BCUT2D eigenvalue weighted by atomic mass is 10.2. The summed E-state index contributed by atoms with van der Waals surface area (Å²) in [5.41, 5.74) is 0.953. The van der Waals surface area contributed by atoms with E-state index in [4.69, 9.17) is 0 Å². The van der Waals surface area contributed by atoms with Gasteiger partial charge in [0.25, 0.3) is 5.91 Å². The zero-order valence-corrected chi connectivity index (χ0v) is 11.0. The fourth-order valence-electron chi connectivity index (χ4n) is 1.34. The Kier molecular flexibility index (Phi) is 4.76. The summed E-state index contributed by atoms with van der Waals surface area (Å²) in [6.45, 7) is 5.34. The predicted octanol–water partition coefficient (Wildman–Crippen LogP) is 0.809. The van der Waals surface area contributed by atoms with Crippen LogP contribution in [0.5, 0.6) is 0 Å². The number of hydrogen-bond acceptors (Lipinski definition) is 5. The first-order valence-electron chi connectivity index (χ1n) is 5.62. The van der Waals surface area contributed by atoms with Crippen molar-refractivity contribution in [1.82, 2.24) is 14.9 Å². The summed E-state index contributed by atoms with van der Waals surface area (Å²) in [5, 5.41) is 0. The van der Waals surface area contributed by atoms with Crippen LogP contribution in [0.1, 0.15) is 30.0 Å². The molecule has 98 valence electrons. The van der Waals surface area contributed by atoms with Crippen molar-refractivity contribution in [2.24, 2.45) is 0 Å². The molecule has 0 bridgehead atoms. The molecule has 0 aromatic carbocycles. The topological polar surface area (TPSA) is 72.4 Å². The molecule has 0 unspecified atom stereocenters. The van der Waals surface area contributed by atoms with Crippen LogP contribution >= 0.6 is 0 Å². The molecule has 1 heterocycles. The van der Waals surface area contributed by atoms with Crippen LogP contribution in [-0.2, 0) is 9.53 Å². The van der Waals surface area contributed by atoms with Gasteiger partial charge in [0.1, 0.15) is 12.2 Å². The largest absolute Gasteiger partial charge is 0.468 e. The Hall–Kier alpha value is -1.98. The molecule has 1 aromatic heterocycles. The third-order valence-corrected chi connectivity index (χ3v) is 2.41. The number of ether oxygens (including phenoxy) is 1. The molecule has 1 rings (SSSR count). The lowest BCUT2D eigenvalue weighted by Crippen LogP contribution is -2.41. The van der Waals surface area contributed by atoms with Gasteiger partial charge in [-0.25, -0.2) is 4.98 Å². The molecule has 0 fully saturated rings. The van der Waals surface area contributed by atoms with E-state index in [0.29, 0.717) is 0 Å². The average molecular weight is 251 g/mol. The molecule has 0 aliphatic heterocycles. The highest BCUT2D eigenvalue weighted by atomic mass is 16.5. The lowest BCUT2D eigenvalue weighted by Gasteiger charge is -2.24. The second-order valence-corrected chi connectivity index (χ2v) is 4.15. The van der Waals surface area contributed by atoms with Crippen LogP contribution < -0.4 is 0 Å². The Balaban J connectivity index is 2.89. The van der Waals surface area contributed by atoms with E-state index in [9.17, 15) is 9.59 Å². The first kappa shape index (κ1) is 14.1. The van der Waals surface area contributed by atoms with Gasteiger partial charge in [0.2, 0.25) is 0 Å². The van der Waals surface area contributed by atoms with Gasteiger partial charge in [-0.15, -0.1) is 0 Å². The number of carbonyl (C=O) groups excluding carboxylic acids is 2. The summed E-state index contributed by atoms with van der Waals surface area (Å²) in [6.07, 6.45) is 2.92. The van der Waals surface area contributed by atoms with Crippen molar-refractivity contribution in [1.29, 1.82) is 0 Å². The van der Waals surface area contributed by atoms with Gasteiger partial charge in [-0.1, -0.05) is 0 Å². The number of esters is 1. The molecule has 6 heteroatoms. The Bertz CT molecular complexity index is 429. The molecule has 1 aromatic rings. The number of aryl methyl sites for hydroxylation is 1. The van der Waals surface area contributed by atoms with Crippen molar-refractivity contribution >= 4 is 11.9 Å². The number of amides is 1. The van der Waals surface area contributed by atoms with Gasteiger partial charge in [0, 0.05) is 12.2 Å². The summed E-state index contributed by atoms with van der Waals surface area (Å²) in [6, 6.07) is -0.125. The minimum atomic E-state index is -0.461. The standard InChI is InChI=1S/C12H17N3O3/c1-8(2)15(7-11(16)18-4)12(17)10-6-13-9(3)5-14-10/h5-6,8H,7H2,1-4H3. The highest BCUT2D eigenvalue weighted by Gasteiger charge is 2.22. The van der Waals surface area contributed by atoms with Crippen LogP contribution in [0.15, 0.2) is 12.4 Å². The van der Waals surface area contributed by atoms with E-state index in [1.54, 1.807) is 6.92 Å². The number of rotatable bonds is 4. The second-order valence-electron chi connectivity index (χ2n) is 4.15. The van der Waals surface area contributed by atoms with Crippen LogP contribution in [0, 0.1) is 6.92 Å². The van der Waals surface area contributed by atoms with E-state index in [2.05, 4.69) is 14.7 Å². The fourth-order valence-corrected chi connectivity index (χ4v) is 1.34. The van der Waals surface area contributed by atoms with Gasteiger partial charge in [-0.2, -0.15) is 0 Å². The van der Waals surface area contributed by atoms with E-state index in [1.165, 1.54) is 24.4 Å². The monoisotopic (exact) mass is 251 g/mol. The quantitative estimate of drug-likeness (QED) is 0.740. The van der Waals surface area contributed by atoms with Gasteiger partial charge in [-0.3, -0.25) is 14.6 Å². The average Bonchev–Trinajstić information content (AvgIpc) is 2.35. The van der Waals surface area contributed by atoms with Gasteiger partial charge in [-0.05, 0) is 20.8 Å². The summed E-state index contributed by atoms with van der Waals surface area (Å²) >= 11 is 0. The van der Waals surface area contributed by atoms with E-state index in [0.717, 1.165) is 5.69 Å². The molecule has 0 aliphatic carbocycles. The van der Waals surface area contributed by atoms with E-state index in [1.807, 2.05) is 13.8 Å². The molecular weight excluding hydrogens is 234 g/mol. The second kappa shape index (κ2) is 6.09. The van der Waals surface area contributed by atoms with E-state index < -0.39 is 5.97 Å². The third kappa shape index (κ3) is 3.51. The normalized spacial score (nSPS) is 10.3. The van der Waals surface area contributed by atoms with Crippen LogP contribution in [0.3, 0.4) is 0 Å². The number of nitrogens with zero attached hydrogens (tertiary/aromatic N) is 3. The maximum atomic E-state index is 12.2. The molecule has 0 N–H and O–H groups in total. The van der Waals surface area contributed by atoms with E-state index >= 15 is 0 Å². The van der Waals surface area contributed by atoms with Gasteiger partial charge in [0.05, 0.1) is 19.0 Å². The molecule has 18 heavy (non-hydrogen) atoms. The smallest absolute Gasteiger partial charge is 0.325 e. The first-order chi connectivity index (χ1) is 8.45. The number of methoxy groups -OCH3 is 1. The van der Waals surface area contributed by atoms with Crippen molar-refractivity contribution in [3.63, 3.8) is 0 Å². The Morgan fingerprint density at radius 1 is 1.33 bits per heavy atom. The number of hydrogen-bond donors (Lipinski definition) is 0. The number of carbonyl (C=O) groups is 2. The van der Waals surface area contributed by atoms with Crippen LogP contribution in [0.2, 0.25) is 0 Å². The molecule has 0 saturated heterocycles. The minimum Gasteiger partial charge on any atom is -0.468 e. The van der Waals surface area contributed by atoms with Crippen LogP contribution in [0.4, 0.5) is 0 Å². The fraction of sp³-hybridized carbons (Fsp3) is 0.500. The van der Waals surface area contributed by atoms with Crippen molar-refractivity contribution in [2.45, 2.75) is 26.8 Å². The Labute approximate surface area is 106 Å². The summed E-state index contributed by atoms with van der Waals surface area (Å²) in [4.78, 5) is 32.8. The van der Waals surface area contributed by atoms with Crippen molar-refractivity contribution in [2.75, 3.05) is 13.7 Å². The summed E-state index contributed by atoms with van der Waals surface area (Å²) in [5.74, 6) is -0.792. The highest BCUT2D eigenvalue weighted by molar-refractivity contribution is 5.94. The van der Waals surface area contributed by atoms with Crippen LogP contribution in [0.25, 0.3) is 0 Å². The van der Waals surface area contributed by atoms with Gasteiger partial charge >= 0.3 is 5.97 Å². The molecule has 0 atom stereocenters. The predicted molar refractivity (Wildman–Crippen MR) is 65.0 cm³/mol. The number of aromatic nitrogens is 2. The molecule has 0 spiro atoms. The zero-order valence-electron chi connectivity index (χ0n) is 11.0. The van der Waals surface area contributed by atoms with Gasteiger partial charge < -0.3 is 9.64 Å². The van der Waals surface area contributed by atoms with E-state index in [-0.39, 0.29) is 24.2 Å². The molecule has 0 radical (unpaired) electrons. The molecule has 1 amide bonds.